The van der Waals surface area contributed by atoms with Crippen LogP contribution in [0.15, 0.2) is 12.1 Å². The summed E-state index contributed by atoms with van der Waals surface area (Å²) in [5, 5.41) is 1.96. The number of primary amides is 1. The van der Waals surface area contributed by atoms with Crippen molar-refractivity contribution >= 4 is 23.5 Å². The normalized spacial score (nSPS) is 28.5. The summed E-state index contributed by atoms with van der Waals surface area (Å²) in [6.07, 6.45) is 0.185. The van der Waals surface area contributed by atoms with Gasteiger partial charge in [0.05, 0.1) is 0 Å². The highest BCUT2D eigenvalue weighted by molar-refractivity contribution is 6.31. The molecule has 4 rings (SSSR count). The molecule has 10 heteroatoms. The number of hydrogen-bond acceptors (Lipinski definition) is 2. The number of carbonyl (C=O) groups is 2. The van der Waals surface area contributed by atoms with Crippen molar-refractivity contribution in [1.82, 2.24) is 10.2 Å². The maximum absolute atomic E-state index is 15.1. The van der Waals surface area contributed by atoms with Crippen molar-refractivity contribution in [1.29, 1.82) is 0 Å². The minimum atomic E-state index is -2.71. The molecule has 1 aliphatic heterocycles. The second-order valence-electron chi connectivity index (χ2n) is 9.01. The van der Waals surface area contributed by atoms with E-state index in [2.05, 4.69) is 5.32 Å². The van der Waals surface area contributed by atoms with Gasteiger partial charge in [-0.1, -0.05) is 17.7 Å². The third kappa shape index (κ3) is 3.04. The number of alkyl halides is 2. The first-order chi connectivity index (χ1) is 13.9. The average Bonchev–Trinajstić information content (AvgIpc) is 2.60. The van der Waals surface area contributed by atoms with E-state index in [1.54, 1.807) is 0 Å². The lowest BCUT2D eigenvalue weighted by Gasteiger charge is -2.61. The van der Waals surface area contributed by atoms with Gasteiger partial charge in [-0.2, -0.15) is 0 Å². The predicted molar refractivity (Wildman–Crippen MR) is 101 cm³/mol. The Morgan fingerprint density at radius 1 is 1.30 bits per heavy atom. The maximum Gasteiger partial charge on any atom is 0.315 e. The van der Waals surface area contributed by atoms with E-state index in [9.17, 15) is 22.8 Å². The van der Waals surface area contributed by atoms with Crippen LogP contribution in [0.2, 0.25) is 5.02 Å². The van der Waals surface area contributed by atoms with E-state index in [4.69, 9.17) is 17.3 Å². The summed E-state index contributed by atoms with van der Waals surface area (Å²) >= 11 is 5.79. The van der Waals surface area contributed by atoms with E-state index in [1.165, 1.54) is 17.9 Å². The molecule has 1 spiro atoms. The molecule has 1 heterocycles. The molecule has 1 aromatic rings. The smallest absolute Gasteiger partial charge is 0.315 e. The number of carbonyl (C=O) groups excluding carboxylic acids is 2. The van der Waals surface area contributed by atoms with Gasteiger partial charge in [-0.3, -0.25) is 4.79 Å². The Morgan fingerprint density at radius 2 is 1.93 bits per heavy atom. The van der Waals surface area contributed by atoms with Crippen LogP contribution in [0.1, 0.15) is 44.1 Å². The van der Waals surface area contributed by atoms with Gasteiger partial charge in [-0.25, -0.2) is 22.4 Å². The predicted octanol–water partition coefficient (Wildman–Crippen LogP) is 3.80. The Hall–Kier alpha value is -2.03. The highest BCUT2D eigenvalue weighted by atomic mass is 35.5. The molecule has 3 fully saturated rings. The number of halogens is 5. The van der Waals surface area contributed by atoms with E-state index in [-0.39, 0.29) is 37.4 Å². The molecule has 1 aromatic carbocycles. The highest BCUT2D eigenvalue weighted by Gasteiger charge is 2.65. The van der Waals surface area contributed by atoms with Crippen LogP contribution in [0, 0.1) is 23.0 Å². The average molecular weight is 448 g/mol. The van der Waals surface area contributed by atoms with Crippen molar-refractivity contribution in [3.63, 3.8) is 0 Å². The Kier molecular flexibility index (Phi) is 4.76. The van der Waals surface area contributed by atoms with E-state index < -0.39 is 51.4 Å². The van der Waals surface area contributed by atoms with E-state index >= 15 is 4.39 Å². The molecule has 0 bridgehead atoms. The second kappa shape index (κ2) is 6.73. The number of nitrogens with one attached hydrogen (secondary N) is 1. The zero-order valence-corrected chi connectivity index (χ0v) is 17.0. The number of urea groups is 1. The van der Waals surface area contributed by atoms with Crippen molar-refractivity contribution in [3.05, 3.63) is 34.4 Å². The Balaban J connectivity index is 1.78. The molecule has 1 saturated heterocycles. The molecule has 3 amide bonds. The third-order valence-electron chi connectivity index (χ3n) is 7.04. The quantitative estimate of drug-likeness (QED) is 0.546. The molecule has 0 radical (unpaired) electrons. The van der Waals surface area contributed by atoms with Crippen LogP contribution in [0.3, 0.4) is 0 Å². The molecule has 30 heavy (non-hydrogen) atoms. The molecule has 3 N–H and O–H groups in total. The monoisotopic (exact) mass is 447 g/mol. The zero-order chi connectivity index (χ0) is 22.1. The van der Waals surface area contributed by atoms with Gasteiger partial charge < -0.3 is 16.0 Å². The lowest BCUT2D eigenvalue weighted by molar-refractivity contribution is -0.213. The number of benzene rings is 1. The van der Waals surface area contributed by atoms with Gasteiger partial charge in [-0.05, 0) is 42.7 Å². The molecule has 3 aliphatic rings. The van der Waals surface area contributed by atoms with Crippen LogP contribution in [0.4, 0.5) is 22.4 Å². The van der Waals surface area contributed by atoms with Crippen molar-refractivity contribution in [2.45, 2.75) is 50.0 Å². The van der Waals surface area contributed by atoms with E-state index in [0.717, 1.165) is 6.07 Å². The van der Waals surface area contributed by atoms with E-state index in [1.807, 2.05) is 0 Å². The van der Waals surface area contributed by atoms with Crippen molar-refractivity contribution in [2.24, 2.45) is 17.1 Å². The number of nitrogens with two attached hydrogens (primary N) is 1. The number of rotatable bonds is 3. The van der Waals surface area contributed by atoms with Crippen LogP contribution in [0.25, 0.3) is 0 Å². The maximum atomic E-state index is 15.1. The molecule has 1 unspecified atom stereocenters. The molecule has 0 aromatic heterocycles. The number of nitrogens with zero attached hydrogens (tertiary/aromatic N) is 1. The van der Waals surface area contributed by atoms with Gasteiger partial charge >= 0.3 is 6.03 Å². The first-order valence-electron chi connectivity index (χ1n) is 9.77. The zero-order valence-electron chi connectivity index (χ0n) is 16.3. The van der Waals surface area contributed by atoms with Crippen LogP contribution in [-0.2, 0) is 4.79 Å². The number of piperazine rings is 1. The Morgan fingerprint density at radius 3 is 2.50 bits per heavy atom. The highest BCUT2D eigenvalue weighted by Crippen LogP contribution is 2.68. The van der Waals surface area contributed by atoms with Crippen LogP contribution in [0.5, 0.6) is 0 Å². The van der Waals surface area contributed by atoms with Crippen LogP contribution < -0.4 is 11.1 Å². The fraction of sp³-hybridized carbons (Fsp3) is 0.600. The lowest BCUT2D eigenvalue weighted by Crippen LogP contribution is -2.70. The summed E-state index contributed by atoms with van der Waals surface area (Å²) in [6, 6.07) is 1.35. The first-order valence-corrected chi connectivity index (χ1v) is 10.1. The van der Waals surface area contributed by atoms with Gasteiger partial charge in [0.1, 0.15) is 22.2 Å². The topological polar surface area (TPSA) is 75.4 Å². The summed E-state index contributed by atoms with van der Waals surface area (Å²) in [7, 11) is 0. The van der Waals surface area contributed by atoms with E-state index in [0.29, 0.717) is 12.8 Å². The van der Waals surface area contributed by atoms with Crippen molar-refractivity contribution in [3.8, 4) is 0 Å². The largest absolute Gasteiger partial charge is 0.352 e. The van der Waals surface area contributed by atoms with Crippen molar-refractivity contribution < 1.29 is 27.2 Å². The third-order valence-corrected chi connectivity index (χ3v) is 7.39. The standard InChI is InChI=1S/C20H22ClF4N3O2/c1-18(16(29)27-4-5-28(18)17(26)30)13(11-2-3-12(22)14(21)15(11)23)10-6-19(7-10)8-20(24,25)9-19/h2-3,10,13H,4-9H2,1H3,(H2,26,30)(H,27,29)/t13-,18?/m0/s1. The SMILES string of the molecule is CC1([C@H](c2ccc(F)c(Cl)c2F)C2CC3(C2)CC(F)(F)C3)C(=O)NCCN1C(N)=O. The minimum absolute atomic E-state index is 0.0295. The number of amides is 3. The molecule has 164 valence electrons. The minimum Gasteiger partial charge on any atom is -0.352 e. The van der Waals surface area contributed by atoms with Gasteiger partial charge in [-0.15, -0.1) is 0 Å². The van der Waals surface area contributed by atoms with Gasteiger partial charge in [0.15, 0.2) is 0 Å². The molecular weight excluding hydrogens is 426 g/mol. The fourth-order valence-corrected chi connectivity index (χ4v) is 6.05. The Labute approximate surface area is 175 Å². The van der Waals surface area contributed by atoms with Gasteiger partial charge in [0.25, 0.3) is 0 Å². The van der Waals surface area contributed by atoms with Crippen LogP contribution in [-0.4, -0.2) is 41.4 Å². The summed E-state index contributed by atoms with van der Waals surface area (Å²) in [5.74, 6) is -6.53. The van der Waals surface area contributed by atoms with Crippen molar-refractivity contribution in [2.75, 3.05) is 13.1 Å². The molecule has 2 saturated carbocycles. The molecule has 5 nitrogen and oxygen atoms in total. The van der Waals surface area contributed by atoms with Crippen LogP contribution >= 0.6 is 11.6 Å². The van der Waals surface area contributed by atoms with Gasteiger partial charge in [0, 0.05) is 31.8 Å². The molecular formula is C20H22ClF4N3O2. The first kappa shape index (κ1) is 21.2. The summed E-state index contributed by atoms with van der Waals surface area (Å²) in [4.78, 5) is 26.3. The molecule has 2 aliphatic carbocycles. The summed E-state index contributed by atoms with van der Waals surface area (Å²) < 4.78 is 55.8. The molecule has 2 atom stereocenters. The number of hydrogen-bond donors (Lipinski definition) is 2. The lowest BCUT2D eigenvalue weighted by atomic mass is 9.46. The Bertz CT molecular complexity index is 912. The summed E-state index contributed by atoms with van der Waals surface area (Å²) in [6.45, 7) is 1.77. The fourth-order valence-electron chi connectivity index (χ4n) is 5.88. The summed E-state index contributed by atoms with van der Waals surface area (Å²) in [5.41, 5.74) is 3.37. The van der Waals surface area contributed by atoms with Gasteiger partial charge in [0.2, 0.25) is 11.8 Å². The second-order valence-corrected chi connectivity index (χ2v) is 9.39.